The van der Waals surface area contributed by atoms with Crippen molar-refractivity contribution in [3.8, 4) is 27.9 Å². The van der Waals surface area contributed by atoms with Gasteiger partial charge in [0.05, 0.1) is 11.0 Å². The molecule has 0 radical (unpaired) electrons. The Bertz CT molecular complexity index is 3390. The van der Waals surface area contributed by atoms with Gasteiger partial charge in [-0.25, -0.2) is 0 Å². The maximum atomic E-state index is 4.05. The Morgan fingerprint density at radius 3 is 1.86 bits per heavy atom. The second-order valence-electron chi connectivity index (χ2n) is 23.0. The minimum Gasteiger partial charge on any atom is -0.355 e. The van der Waals surface area contributed by atoms with Crippen LogP contribution in [-0.2, 0) is 27.1 Å². The van der Waals surface area contributed by atoms with Crippen molar-refractivity contribution in [1.82, 2.24) is 4.57 Å². The molecule has 0 amide bonds. The van der Waals surface area contributed by atoms with Crippen LogP contribution in [0, 0.1) is 0 Å². The monoisotopic (exact) mass is 854 g/mol. The highest BCUT2D eigenvalue weighted by Gasteiger charge is 2.39. The summed E-state index contributed by atoms with van der Waals surface area (Å²) in [6.45, 7) is 28.4. The third kappa shape index (κ3) is 6.17. The second kappa shape index (κ2) is 13.7. The highest BCUT2D eigenvalue weighted by Crippen LogP contribution is 2.54. The van der Waals surface area contributed by atoms with E-state index in [-0.39, 0.29) is 27.1 Å². The van der Waals surface area contributed by atoms with Gasteiger partial charge in [0.15, 0.2) is 0 Å². The molecule has 2 nitrogen and oxygen atoms in total. The fourth-order valence-corrected chi connectivity index (χ4v) is 12.6. The summed E-state index contributed by atoms with van der Waals surface area (Å²) in [5, 5.41) is 9.38. The quantitative estimate of drug-likeness (QED) is 0.187. The molecule has 2 heterocycles. The molecular weight excluding hydrogens is 793 g/mol. The van der Waals surface area contributed by atoms with Gasteiger partial charge in [-0.1, -0.05) is 150 Å². The number of hydrogen-bond donors (Lipinski definition) is 1. The molecule has 7 aromatic carbocycles. The molecule has 0 fully saturated rings. The lowest BCUT2D eigenvalue weighted by Gasteiger charge is -2.42. The maximum absolute atomic E-state index is 4.05. The molecule has 0 atom stereocenters. The average molecular weight is 855 g/mol. The molecule has 11 rings (SSSR count). The Labute approximate surface area is 384 Å². The molecule has 2 aliphatic rings. The van der Waals surface area contributed by atoms with Crippen molar-refractivity contribution in [2.24, 2.45) is 0 Å². The Morgan fingerprint density at radius 2 is 1.14 bits per heavy atom. The minimum atomic E-state index is -0.0624. The molecule has 0 unspecified atom stereocenters. The van der Waals surface area contributed by atoms with Crippen molar-refractivity contribution in [2.75, 3.05) is 5.32 Å². The largest absolute Gasteiger partial charge is 0.355 e. The summed E-state index contributed by atoms with van der Waals surface area (Å²) in [4.78, 5) is 0. The summed E-state index contributed by atoms with van der Waals surface area (Å²) in [6, 6.07) is 49.5. The number of fused-ring (bicyclic) bond motifs is 11. The number of nitrogens with zero attached hydrogens (tertiary/aromatic N) is 1. The second-order valence-corrected chi connectivity index (χ2v) is 24.1. The molecule has 64 heavy (non-hydrogen) atoms. The van der Waals surface area contributed by atoms with Gasteiger partial charge < -0.3 is 9.88 Å². The third-order valence-electron chi connectivity index (χ3n) is 15.4. The number of aromatic nitrogens is 1. The molecular formula is C61H62N2S. The van der Waals surface area contributed by atoms with E-state index in [2.05, 4.69) is 220 Å². The van der Waals surface area contributed by atoms with Gasteiger partial charge in [-0.3, -0.25) is 0 Å². The van der Waals surface area contributed by atoms with Crippen molar-refractivity contribution in [3.63, 3.8) is 0 Å². The van der Waals surface area contributed by atoms with E-state index >= 15 is 0 Å². The Morgan fingerprint density at radius 1 is 0.500 bits per heavy atom. The van der Waals surface area contributed by atoms with Crippen molar-refractivity contribution >= 4 is 64.7 Å². The number of anilines is 2. The molecule has 2 aliphatic carbocycles. The zero-order chi connectivity index (χ0) is 44.9. The number of hydrogen-bond acceptors (Lipinski definition) is 2. The molecule has 0 bridgehead atoms. The van der Waals surface area contributed by atoms with Gasteiger partial charge in [-0.2, -0.15) is 0 Å². The number of thiophene rings is 1. The lowest BCUT2D eigenvalue weighted by molar-refractivity contribution is 0.332. The lowest BCUT2D eigenvalue weighted by Crippen LogP contribution is -2.34. The van der Waals surface area contributed by atoms with E-state index in [0.717, 1.165) is 18.5 Å². The normalized spacial score (nSPS) is 16.4. The van der Waals surface area contributed by atoms with Crippen LogP contribution < -0.4 is 5.32 Å². The summed E-state index contributed by atoms with van der Waals surface area (Å²) in [6.07, 6.45) is 2.32. The molecule has 0 saturated heterocycles. The van der Waals surface area contributed by atoms with Crippen molar-refractivity contribution in [3.05, 3.63) is 161 Å². The topological polar surface area (TPSA) is 17.0 Å². The molecule has 9 aromatic rings. The van der Waals surface area contributed by atoms with Crippen LogP contribution in [0.2, 0.25) is 0 Å². The van der Waals surface area contributed by atoms with E-state index in [0.29, 0.717) is 0 Å². The van der Waals surface area contributed by atoms with Crippen molar-refractivity contribution in [2.45, 2.75) is 123 Å². The lowest BCUT2D eigenvalue weighted by atomic mass is 9.62. The van der Waals surface area contributed by atoms with E-state index in [4.69, 9.17) is 0 Å². The van der Waals surface area contributed by atoms with E-state index in [1.54, 1.807) is 0 Å². The molecule has 2 aromatic heterocycles. The number of nitrogens with one attached hydrogen (secondary N) is 1. The van der Waals surface area contributed by atoms with Gasteiger partial charge in [0.2, 0.25) is 0 Å². The average Bonchev–Trinajstić information content (AvgIpc) is 3.87. The molecule has 3 heteroatoms. The van der Waals surface area contributed by atoms with E-state index in [9.17, 15) is 0 Å². The third-order valence-corrected chi connectivity index (χ3v) is 16.6. The van der Waals surface area contributed by atoms with Gasteiger partial charge in [-0.15, -0.1) is 11.3 Å². The number of benzene rings is 7. The predicted molar refractivity (Wildman–Crippen MR) is 279 cm³/mol. The van der Waals surface area contributed by atoms with Crippen LogP contribution in [0.4, 0.5) is 11.4 Å². The standard InChI is InChI=1S/C61H62N2S/c1-57(2,3)36-21-24-38(25-22-36)62-50-35-49-48(59(7,8)29-30-60(49,9)10)33-43(50)44-34-52-54(55-41-18-14-16-20-53(41)64-56(44)55)45-31-37(58(4,5)6)23-28-51(45)63(52)39-26-27-47-42(32-39)40-17-13-15-19-46(40)61(47,11)12/h13-28,31-35,62H,29-30H2,1-12H3. The van der Waals surface area contributed by atoms with E-state index in [1.165, 1.54) is 109 Å². The van der Waals surface area contributed by atoms with Crippen molar-refractivity contribution in [1.29, 1.82) is 0 Å². The van der Waals surface area contributed by atoms with E-state index in [1.807, 2.05) is 11.3 Å². The fraction of sp³-hybridized carbons (Fsp3) is 0.311. The van der Waals surface area contributed by atoms with Crippen LogP contribution in [0.3, 0.4) is 0 Å². The first-order valence-electron chi connectivity index (χ1n) is 23.5. The molecule has 0 spiro atoms. The predicted octanol–water partition coefficient (Wildman–Crippen LogP) is 17.8. The van der Waals surface area contributed by atoms with Crippen LogP contribution in [0.5, 0.6) is 0 Å². The van der Waals surface area contributed by atoms with Crippen molar-refractivity contribution < 1.29 is 0 Å². The summed E-state index contributed by atoms with van der Waals surface area (Å²) in [5.74, 6) is 0. The summed E-state index contributed by atoms with van der Waals surface area (Å²) in [5.41, 5.74) is 19.7. The van der Waals surface area contributed by atoms with Gasteiger partial charge in [0.1, 0.15) is 0 Å². The van der Waals surface area contributed by atoms with Crippen LogP contribution in [0.15, 0.2) is 127 Å². The zero-order valence-corrected chi connectivity index (χ0v) is 40.7. The molecule has 1 N–H and O–H groups in total. The highest BCUT2D eigenvalue weighted by molar-refractivity contribution is 7.26. The van der Waals surface area contributed by atoms with Crippen LogP contribution in [0.1, 0.15) is 129 Å². The molecule has 0 saturated carbocycles. The molecule has 0 aliphatic heterocycles. The Hall–Kier alpha value is -5.64. The highest BCUT2D eigenvalue weighted by atomic mass is 32.1. The minimum absolute atomic E-state index is 0.00336. The van der Waals surface area contributed by atoms with Crippen LogP contribution >= 0.6 is 11.3 Å². The Kier molecular flexibility index (Phi) is 8.79. The fourth-order valence-electron chi connectivity index (χ4n) is 11.3. The summed E-state index contributed by atoms with van der Waals surface area (Å²) < 4.78 is 5.25. The smallest absolute Gasteiger partial charge is 0.0554 e. The van der Waals surface area contributed by atoms with Gasteiger partial charge in [-0.05, 0) is 140 Å². The van der Waals surface area contributed by atoms with E-state index < -0.39 is 0 Å². The van der Waals surface area contributed by atoms with Gasteiger partial charge in [0, 0.05) is 64.5 Å². The zero-order valence-electron chi connectivity index (χ0n) is 39.9. The van der Waals surface area contributed by atoms with Gasteiger partial charge in [0.25, 0.3) is 0 Å². The van der Waals surface area contributed by atoms with Gasteiger partial charge >= 0.3 is 0 Å². The maximum Gasteiger partial charge on any atom is 0.0554 e. The molecule has 322 valence electrons. The van der Waals surface area contributed by atoms with Crippen LogP contribution in [-0.4, -0.2) is 4.57 Å². The number of rotatable bonds is 4. The summed E-state index contributed by atoms with van der Waals surface area (Å²) >= 11 is 1.95. The SMILES string of the molecule is CC(C)(C)c1ccc(Nc2cc3c(cc2-c2cc4c(c5cc(C(C)(C)C)ccc5n4-c4ccc5c(c4)-c4ccccc4C5(C)C)c4c2sc2ccccc24)C(C)(C)CCC3(C)C)cc1. The first-order valence-corrected chi connectivity index (χ1v) is 24.3. The summed E-state index contributed by atoms with van der Waals surface area (Å²) in [7, 11) is 0. The first-order chi connectivity index (χ1) is 30.2. The Balaban J connectivity index is 1.27. The van der Waals surface area contributed by atoms with Crippen LogP contribution in [0.25, 0.3) is 69.9 Å². The first kappa shape index (κ1) is 41.1.